The fraction of sp³-hybridized carbons (Fsp3) is 0.933. The molecule has 2 aliphatic heterocycles. The van der Waals surface area contributed by atoms with E-state index < -0.39 is 6.61 Å². The van der Waals surface area contributed by atoms with Crippen molar-refractivity contribution in [2.24, 2.45) is 5.41 Å². The summed E-state index contributed by atoms with van der Waals surface area (Å²) < 4.78 is 6.35. The third-order valence-electron chi connectivity index (χ3n) is 4.61. The first-order valence-electron chi connectivity index (χ1n) is 7.50. The van der Waals surface area contributed by atoms with Gasteiger partial charge in [0.25, 0.3) is 0 Å². The van der Waals surface area contributed by atoms with Gasteiger partial charge in [-0.2, -0.15) is 0 Å². The van der Waals surface area contributed by atoms with Gasteiger partial charge in [-0.05, 0) is 18.3 Å². The smallest absolute Gasteiger partial charge is 0.248 e. The van der Waals surface area contributed by atoms with Crippen LogP contribution < -0.4 is 0 Å². The van der Waals surface area contributed by atoms with Crippen LogP contribution in [0.15, 0.2) is 0 Å². The molecular weight excluding hydrogens is 258 g/mol. The minimum atomic E-state index is -0.429. The molecule has 20 heavy (non-hydrogen) atoms. The molecule has 5 heteroatoms. The van der Waals surface area contributed by atoms with Gasteiger partial charge in [0.05, 0.1) is 17.8 Å². The molecule has 1 spiro atoms. The van der Waals surface area contributed by atoms with Crippen molar-refractivity contribution in [2.75, 3.05) is 19.7 Å². The molecule has 0 aliphatic carbocycles. The highest BCUT2D eigenvalue weighted by molar-refractivity contribution is 5.77. The van der Waals surface area contributed by atoms with Crippen LogP contribution in [0.5, 0.6) is 0 Å². The van der Waals surface area contributed by atoms with Gasteiger partial charge in [0.2, 0.25) is 5.91 Å². The summed E-state index contributed by atoms with van der Waals surface area (Å²) in [5.41, 5.74) is -0.297. The first kappa shape index (κ1) is 15.7. The van der Waals surface area contributed by atoms with E-state index in [2.05, 4.69) is 20.8 Å². The molecule has 2 saturated heterocycles. The number of hydrogen-bond acceptors (Lipinski definition) is 4. The molecule has 116 valence electrons. The van der Waals surface area contributed by atoms with Crippen molar-refractivity contribution in [1.82, 2.24) is 4.90 Å². The van der Waals surface area contributed by atoms with Crippen LogP contribution in [-0.2, 0) is 9.53 Å². The van der Waals surface area contributed by atoms with E-state index in [1.54, 1.807) is 4.90 Å². The van der Waals surface area contributed by atoms with E-state index >= 15 is 0 Å². The van der Waals surface area contributed by atoms with E-state index in [1.807, 2.05) is 0 Å². The Balaban J connectivity index is 2.03. The summed E-state index contributed by atoms with van der Waals surface area (Å²) in [6.07, 6.45) is 2.54. The average Bonchev–Trinajstić information content (AvgIpc) is 2.37. The van der Waals surface area contributed by atoms with Crippen molar-refractivity contribution >= 4 is 5.91 Å². The molecule has 0 aromatic carbocycles. The fourth-order valence-corrected chi connectivity index (χ4v) is 3.27. The molecule has 1 amide bonds. The Morgan fingerprint density at radius 3 is 2.45 bits per heavy atom. The summed E-state index contributed by atoms with van der Waals surface area (Å²) in [5, 5.41) is 19.1. The lowest BCUT2D eigenvalue weighted by Gasteiger charge is -2.50. The lowest BCUT2D eigenvalue weighted by atomic mass is 9.76. The molecule has 2 atom stereocenters. The normalized spacial score (nSPS) is 30.6. The monoisotopic (exact) mass is 285 g/mol. The number of carbonyl (C=O) groups excluding carboxylic acids is 1. The number of aliphatic hydroxyl groups excluding tert-OH is 2. The highest BCUT2D eigenvalue weighted by Crippen LogP contribution is 2.42. The fourth-order valence-electron chi connectivity index (χ4n) is 3.27. The predicted molar refractivity (Wildman–Crippen MR) is 75.2 cm³/mol. The number of rotatable bonds is 1. The molecule has 0 unspecified atom stereocenters. The zero-order chi connectivity index (χ0) is 15.0. The van der Waals surface area contributed by atoms with Gasteiger partial charge in [0, 0.05) is 25.9 Å². The van der Waals surface area contributed by atoms with Crippen LogP contribution in [0.4, 0.5) is 0 Å². The molecule has 0 aromatic heterocycles. The Kier molecular flexibility index (Phi) is 4.42. The number of aliphatic hydroxyl groups is 2. The summed E-state index contributed by atoms with van der Waals surface area (Å²) in [6.45, 7) is 7.17. The molecule has 2 N–H and O–H groups in total. The van der Waals surface area contributed by atoms with E-state index in [9.17, 15) is 9.90 Å². The molecule has 2 aliphatic rings. The van der Waals surface area contributed by atoms with Gasteiger partial charge in [-0.15, -0.1) is 0 Å². The Hall–Kier alpha value is -0.650. The highest BCUT2D eigenvalue weighted by Gasteiger charge is 2.46. The Labute approximate surface area is 120 Å². The zero-order valence-electron chi connectivity index (χ0n) is 12.8. The number of hydrogen-bond donors (Lipinski definition) is 2. The zero-order valence-corrected chi connectivity index (χ0v) is 12.8. The minimum absolute atomic E-state index is 0.00640. The van der Waals surface area contributed by atoms with E-state index in [4.69, 9.17) is 9.84 Å². The van der Waals surface area contributed by atoms with Crippen molar-refractivity contribution in [3.05, 3.63) is 0 Å². The average molecular weight is 285 g/mol. The molecule has 0 saturated carbocycles. The van der Waals surface area contributed by atoms with Crippen molar-refractivity contribution in [3.63, 3.8) is 0 Å². The number of amides is 1. The lowest BCUT2D eigenvalue weighted by Crippen LogP contribution is -2.56. The number of ether oxygens (including phenoxy) is 1. The molecule has 2 fully saturated rings. The van der Waals surface area contributed by atoms with Gasteiger partial charge in [0.1, 0.15) is 6.61 Å². The van der Waals surface area contributed by atoms with Crippen LogP contribution in [0.2, 0.25) is 0 Å². The standard InChI is InChI=1S/C15H27NO4/c1-14(2,3)12-8-11(18)9-15(20-12)4-6-16(7-5-15)13(19)10-17/h11-12,17-18H,4-10H2,1-3H3/t11-,12-/m1/s1. The highest BCUT2D eigenvalue weighted by atomic mass is 16.5. The third-order valence-corrected chi connectivity index (χ3v) is 4.61. The van der Waals surface area contributed by atoms with Gasteiger partial charge in [-0.1, -0.05) is 20.8 Å². The maximum Gasteiger partial charge on any atom is 0.248 e. The van der Waals surface area contributed by atoms with Gasteiger partial charge in [-0.3, -0.25) is 4.79 Å². The topological polar surface area (TPSA) is 70.0 Å². The summed E-state index contributed by atoms with van der Waals surface area (Å²) in [4.78, 5) is 13.2. The second-order valence-electron chi connectivity index (χ2n) is 7.29. The summed E-state index contributed by atoms with van der Waals surface area (Å²) in [5.74, 6) is -0.219. The van der Waals surface area contributed by atoms with Crippen molar-refractivity contribution in [2.45, 2.75) is 64.3 Å². The first-order valence-corrected chi connectivity index (χ1v) is 7.50. The van der Waals surface area contributed by atoms with Crippen molar-refractivity contribution in [3.8, 4) is 0 Å². The third kappa shape index (κ3) is 3.32. The number of likely N-dealkylation sites (tertiary alicyclic amines) is 1. The van der Waals surface area contributed by atoms with Crippen molar-refractivity contribution < 1.29 is 19.7 Å². The van der Waals surface area contributed by atoms with Crippen LogP contribution in [0, 0.1) is 5.41 Å². The molecular formula is C15H27NO4. The van der Waals surface area contributed by atoms with Crippen LogP contribution in [0.1, 0.15) is 46.5 Å². The van der Waals surface area contributed by atoms with Gasteiger partial charge in [0.15, 0.2) is 0 Å². The predicted octanol–water partition coefficient (Wildman–Crippen LogP) is 0.926. The second-order valence-corrected chi connectivity index (χ2v) is 7.29. The van der Waals surface area contributed by atoms with Crippen LogP contribution in [0.3, 0.4) is 0 Å². The quantitative estimate of drug-likeness (QED) is 0.752. The summed E-state index contributed by atoms with van der Waals surface area (Å²) in [6, 6.07) is 0. The molecule has 2 heterocycles. The van der Waals surface area contributed by atoms with E-state index in [0.717, 1.165) is 12.8 Å². The molecule has 5 nitrogen and oxygen atoms in total. The first-order chi connectivity index (χ1) is 9.26. The number of piperidine rings is 1. The number of carbonyl (C=O) groups is 1. The maximum atomic E-state index is 11.5. The summed E-state index contributed by atoms with van der Waals surface area (Å²) in [7, 11) is 0. The van der Waals surface area contributed by atoms with E-state index in [1.165, 1.54) is 0 Å². The summed E-state index contributed by atoms with van der Waals surface area (Å²) >= 11 is 0. The second kappa shape index (κ2) is 5.62. The van der Waals surface area contributed by atoms with E-state index in [-0.39, 0.29) is 29.1 Å². The lowest BCUT2D eigenvalue weighted by molar-refractivity contribution is -0.208. The van der Waals surface area contributed by atoms with Gasteiger partial charge < -0.3 is 19.8 Å². The van der Waals surface area contributed by atoms with Crippen molar-refractivity contribution in [1.29, 1.82) is 0 Å². The van der Waals surface area contributed by atoms with Crippen LogP contribution in [0.25, 0.3) is 0 Å². The van der Waals surface area contributed by atoms with Gasteiger partial charge >= 0.3 is 0 Å². The maximum absolute atomic E-state index is 11.5. The van der Waals surface area contributed by atoms with Crippen LogP contribution in [-0.4, -0.2) is 58.5 Å². The molecule has 0 bridgehead atoms. The largest absolute Gasteiger partial charge is 0.393 e. The Bertz CT molecular complexity index is 355. The van der Waals surface area contributed by atoms with Gasteiger partial charge in [-0.25, -0.2) is 0 Å². The minimum Gasteiger partial charge on any atom is -0.393 e. The molecule has 2 rings (SSSR count). The SMILES string of the molecule is CC(C)(C)[C@H]1C[C@@H](O)CC2(CCN(C(=O)CO)CC2)O1. The van der Waals surface area contributed by atoms with Crippen LogP contribution >= 0.6 is 0 Å². The van der Waals surface area contributed by atoms with E-state index in [0.29, 0.717) is 25.9 Å². The number of nitrogens with zero attached hydrogens (tertiary/aromatic N) is 1. The molecule has 0 aromatic rings. The molecule has 0 radical (unpaired) electrons. The Morgan fingerprint density at radius 1 is 1.35 bits per heavy atom. The Morgan fingerprint density at radius 2 is 1.95 bits per heavy atom.